The van der Waals surface area contributed by atoms with Crippen molar-refractivity contribution < 1.29 is 28.9 Å². The summed E-state index contributed by atoms with van der Waals surface area (Å²) in [6.45, 7) is 2.90. The number of benzene rings is 2. The van der Waals surface area contributed by atoms with E-state index >= 15 is 0 Å². The number of ether oxygens (including phenoxy) is 3. The van der Waals surface area contributed by atoms with Gasteiger partial charge in [0, 0.05) is 30.7 Å². The molecule has 7 heteroatoms. The fourth-order valence-electron chi connectivity index (χ4n) is 5.02. The number of para-hydroxylation sites is 1. The van der Waals surface area contributed by atoms with Crippen molar-refractivity contribution in [3.8, 4) is 11.5 Å². The third-order valence-electron chi connectivity index (χ3n) is 6.57. The summed E-state index contributed by atoms with van der Waals surface area (Å²) in [6.07, 6.45) is 2.38. The first kappa shape index (κ1) is 21.5. The number of rotatable bonds is 5. The highest BCUT2D eigenvalue weighted by molar-refractivity contribution is 6.46. The first-order chi connectivity index (χ1) is 16.0. The quantitative estimate of drug-likeness (QED) is 0.426. The minimum Gasteiger partial charge on any atom is -0.507 e. The largest absolute Gasteiger partial charge is 0.507 e. The van der Waals surface area contributed by atoms with Gasteiger partial charge in [0.2, 0.25) is 0 Å². The summed E-state index contributed by atoms with van der Waals surface area (Å²) in [6, 6.07) is 11.9. The van der Waals surface area contributed by atoms with Gasteiger partial charge in [-0.25, -0.2) is 0 Å². The van der Waals surface area contributed by atoms with E-state index in [-0.39, 0.29) is 30.1 Å². The Morgan fingerprint density at radius 3 is 2.79 bits per heavy atom. The van der Waals surface area contributed by atoms with Gasteiger partial charge in [-0.05, 0) is 49.6 Å². The van der Waals surface area contributed by atoms with Gasteiger partial charge in [-0.15, -0.1) is 0 Å². The fraction of sp³-hybridized carbons (Fsp3) is 0.385. The molecule has 1 amide bonds. The van der Waals surface area contributed by atoms with Gasteiger partial charge in [-0.1, -0.05) is 18.2 Å². The van der Waals surface area contributed by atoms with E-state index in [2.05, 4.69) is 0 Å². The highest BCUT2D eigenvalue weighted by Crippen LogP contribution is 2.43. The molecule has 3 heterocycles. The van der Waals surface area contributed by atoms with Crippen LogP contribution in [0.1, 0.15) is 42.5 Å². The number of methoxy groups -OCH3 is 1. The molecule has 0 radical (unpaired) electrons. The smallest absolute Gasteiger partial charge is 0.295 e. The Kier molecular flexibility index (Phi) is 5.58. The number of nitrogens with zero attached hydrogens (tertiary/aromatic N) is 1. The molecule has 0 bridgehead atoms. The number of ketones is 1. The van der Waals surface area contributed by atoms with Crippen LogP contribution in [0.15, 0.2) is 48.0 Å². The number of hydrogen-bond acceptors (Lipinski definition) is 6. The van der Waals surface area contributed by atoms with Gasteiger partial charge in [0.05, 0.1) is 24.8 Å². The Morgan fingerprint density at radius 1 is 1.21 bits per heavy atom. The molecule has 3 aliphatic rings. The molecule has 2 saturated heterocycles. The Hall–Kier alpha value is -3.32. The number of likely N-dealkylation sites (tertiary alicyclic amines) is 1. The second kappa shape index (κ2) is 8.56. The molecular weight excluding hydrogens is 422 g/mol. The number of carbonyl (C=O) groups is 2. The van der Waals surface area contributed by atoms with Crippen LogP contribution in [-0.2, 0) is 20.7 Å². The summed E-state index contributed by atoms with van der Waals surface area (Å²) < 4.78 is 17.1. The van der Waals surface area contributed by atoms with Gasteiger partial charge in [-0.2, -0.15) is 0 Å². The van der Waals surface area contributed by atoms with Crippen LogP contribution < -0.4 is 9.47 Å². The monoisotopic (exact) mass is 449 g/mol. The second-order valence-corrected chi connectivity index (χ2v) is 8.78. The first-order valence-electron chi connectivity index (χ1n) is 11.3. The third-order valence-corrected chi connectivity index (χ3v) is 6.57. The lowest BCUT2D eigenvalue weighted by atomic mass is 9.93. The van der Waals surface area contributed by atoms with Crippen molar-refractivity contribution in [1.29, 1.82) is 0 Å². The van der Waals surface area contributed by atoms with Gasteiger partial charge in [0.1, 0.15) is 23.4 Å². The van der Waals surface area contributed by atoms with Crippen molar-refractivity contribution in [2.75, 3.05) is 20.3 Å². The molecule has 0 saturated carbocycles. The average molecular weight is 450 g/mol. The standard InChI is InChI=1S/C26H27NO6/c1-15-12-17-13-16(9-10-20(17)33-15)24(28)22-23(19-7-3-4-8-21(19)31-2)27(26(30)25(22)29)14-18-6-5-11-32-18/h3-4,7-10,13,15,18,23,28H,5-6,11-12,14H2,1-2H3/b24-22+. The van der Waals surface area contributed by atoms with Gasteiger partial charge in [-0.3, -0.25) is 9.59 Å². The first-order valence-corrected chi connectivity index (χ1v) is 11.3. The topological polar surface area (TPSA) is 85.3 Å². The molecule has 3 aliphatic heterocycles. The van der Waals surface area contributed by atoms with Crippen molar-refractivity contribution in [1.82, 2.24) is 4.90 Å². The summed E-state index contributed by atoms with van der Waals surface area (Å²) in [4.78, 5) is 27.9. The van der Waals surface area contributed by atoms with E-state index in [1.165, 1.54) is 4.90 Å². The Balaban J connectivity index is 1.63. The molecule has 2 aromatic carbocycles. The Bertz CT molecular complexity index is 1130. The van der Waals surface area contributed by atoms with Crippen LogP contribution in [0.4, 0.5) is 0 Å². The Labute approximate surface area is 192 Å². The normalized spacial score (nSPS) is 25.9. The number of hydrogen-bond donors (Lipinski definition) is 1. The highest BCUT2D eigenvalue weighted by Gasteiger charge is 2.48. The molecule has 0 aliphatic carbocycles. The second-order valence-electron chi connectivity index (χ2n) is 8.78. The lowest BCUT2D eigenvalue weighted by Gasteiger charge is -2.28. The molecule has 5 rings (SSSR count). The molecule has 2 aromatic rings. The van der Waals surface area contributed by atoms with Crippen molar-refractivity contribution in [2.45, 2.75) is 44.4 Å². The maximum absolute atomic E-state index is 13.3. The predicted octanol–water partition coefficient (Wildman–Crippen LogP) is 3.62. The van der Waals surface area contributed by atoms with Crippen LogP contribution in [0.3, 0.4) is 0 Å². The molecule has 3 atom stereocenters. The van der Waals surface area contributed by atoms with E-state index in [1.54, 1.807) is 25.3 Å². The lowest BCUT2D eigenvalue weighted by molar-refractivity contribution is -0.140. The number of aliphatic hydroxyl groups excluding tert-OH is 1. The molecule has 172 valence electrons. The van der Waals surface area contributed by atoms with Gasteiger partial charge < -0.3 is 24.2 Å². The highest BCUT2D eigenvalue weighted by atomic mass is 16.5. The van der Waals surface area contributed by atoms with Crippen molar-refractivity contribution in [3.05, 3.63) is 64.7 Å². The van der Waals surface area contributed by atoms with Crippen LogP contribution in [0, 0.1) is 0 Å². The summed E-state index contributed by atoms with van der Waals surface area (Å²) in [5.41, 5.74) is 2.17. The maximum Gasteiger partial charge on any atom is 0.295 e. The summed E-state index contributed by atoms with van der Waals surface area (Å²) in [7, 11) is 1.55. The fourth-order valence-corrected chi connectivity index (χ4v) is 5.02. The molecule has 0 aromatic heterocycles. The zero-order valence-electron chi connectivity index (χ0n) is 18.7. The minimum absolute atomic E-state index is 0.0583. The summed E-state index contributed by atoms with van der Waals surface area (Å²) in [5.74, 6) is -0.211. The van der Waals surface area contributed by atoms with Crippen LogP contribution in [0.5, 0.6) is 11.5 Å². The van der Waals surface area contributed by atoms with Gasteiger partial charge in [0.25, 0.3) is 11.7 Å². The van der Waals surface area contributed by atoms with Crippen LogP contribution >= 0.6 is 0 Å². The number of amides is 1. The van der Waals surface area contributed by atoms with E-state index in [9.17, 15) is 14.7 Å². The zero-order valence-corrected chi connectivity index (χ0v) is 18.7. The average Bonchev–Trinajstić information content (AvgIpc) is 3.52. The molecule has 1 N–H and O–H groups in total. The van der Waals surface area contributed by atoms with Crippen molar-refractivity contribution in [3.63, 3.8) is 0 Å². The maximum atomic E-state index is 13.3. The van der Waals surface area contributed by atoms with E-state index in [0.29, 0.717) is 23.5 Å². The molecule has 0 spiro atoms. The zero-order chi connectivity index (χ0) is 23.1. The predicted molar refractivity (Wildman–Crippen MR) is 121 cm³/mol. The van der Waals surface area contributed by atoms with E-state index in [1.807, 2.05) is 31.2 Å². The number of fused-ring (bicyclic) bond motifs is 1. The van der Waals surface area contributed by atoms with Crippen LogP contribution in [0.25, 0.3) is 5.76 Å². The van der Waals surface area contributed by atoms with E-state index < -0.39 is 17.7 Å². The van der Waals surface area contributed by atoms with Gasteiger partial charge >= 0.3 is 0 Å². The molecule has 2 fully saturated rings. The minimum atomic E-state index is -0.770. The van der Waals surface area contributed by atoms with Crippen LogP contribution in [-0.4, -0.2) is 54.2 Å². The van der Waals surface area contributed by atoms with Gasteiger partial charge in [0.15, 0.2) is 0 Å². The van der Waals surface area contributed by atoms with Crippen molar-refractivity contribution in [2.24, 2.45) is 0 Å². The molecule has 33 heavy (non-hydrogen) atoms. The number of aliphatic hydroxyl groups is 1. The van der Waals surface area contributed by atoms with Crippen molar-refractivity contribution >= 4 is 17.4 Å². The number of carbonyl (C=O) groups excluding carboxylic acids is 2. The van der Waals surface area contributed by atoms with E-state index in [4.69, 9.17) is 14.2 Å². The van der Waals surface area contributed by atoms with E-state index in [0.717, 1.165) is 30.6 Å². The SMILES string of the molecule is COc1ccccc1C1/C(=C(\O)c2ccc3c(c2)CC(C)O3)C(=O)C(=O)N1CC1CCCO1. The molecule has 3 unspecified atom stereocenters. The lowest BCUT2D eigenvalue weighted by Crippen LogP contribution is -2.36. The summed E-state index contributed by atoms with van der Waals surface area (Å²) >= 11 is 0. The Morgan fingerprint density at radius 2 is 2.03 bits per heavy atom. The third kappa shape index (κ3) is 3.76. The summed E-state index contributed by atoms with van der Waals surface area (Å²) in [5, 5.41) is 11.3. The molecule has 7 nitrogen and oxygen atoms in total. The van der Waals surface area contributed by atoms with Crippen LogP contribution in [0.2, 0.25) is 0 Å². The molecular formula is C26H27NO6. The number of Topliss-reactive ketones (excluding diaryl/α,β-unsaturated/α-hetero) is 1.